The number of likely N-dealkylation sites (N-methyl/N-ethyl adjacent to an activating group) is 1. The minimum Gasteiger partial charge on any atom is -0.504 e. The van der Waals surface area contributed by atoms with Crippen molar-refractivity contribution in [3.63, 3.8) is 0 Å². The first kappa shape index (κ1) is 11.2. The van der Waals surface area contributed by atoms with E-state index in [4.69, 9.17) is 4.74 Å². The van der Waals surface area contributed by atoms with E-state index in [0.717, 1.165) is 25.2 Å². The van der Waals surface area contributed by atoms with Crippen LogP contribution in [0.15, 0.2) is 18.2 Å². The van der Waals surface area contributed by atoms with Crippen LogP contribution in [0.5, 0.6) is 11.5 Å². The van der Waals surface area contributed by atoms with E-state index >= 15 is 0 Å². The van der Waals surface area contributed by atoms with Gasteiger partial charge in [0.2, 0.25) is 0 Å². The summed E-state index contributed by atoms with van der Waals surface area (Å²) in [6.45, 7) is 3.00. The van der Waals surface area contributed by atoms with Gasteiger partial charge in [0.15, 0.2) is 11.5 Å². The molecule has 1 fully saturated rings. The fourth-order valence-electron chi connectivity index (χ4n) is 1.82. The van der Waals surface area contributed by atoms with Gasteiger partial charge in [0.05, 0.1) is 7.11 Å². The average molecular weight is 222 g/mol. The number of nitrogens with zero attached hydrogens (tertiary/aromatic N) is 1. The standard InChI is InChI=1S/C12H18N2O2/c1-14(10-6-13-7-10)8-9-3-4-11(15)12(5-9)16-2/h3-5,10,13,15H,6-8H2,1-2H3. The molecule has 1 aliphatic heterocycles. The van der Waals surface area contributed by atoms with Gasteiger partial charge in [-0.2, -0.15) is 0 Å². The second kappa shape index (κ2) is 4.72. The second-order valence-electron chi connectivity index (χ2n) is 4.23. The van der Waals surface area contributed by atoms with Crippen LogP contribution in [0.4, 0.5) is 0 Å². The van der Waals surface area contributed by atoms with E-state index in [9.17, 15) is 5.11 Å². The molecular weight excluding hydrogens is 204 g/mol. The first-order chi connectivity index (χ1) is 7.70. The summed E-state index contributed by atoms with van der Waals surface area (Å²) in [6.07, 6.45) is 0. The molecule has 1 aliphatic rings. The summed E-state index contributed by atoms with van der Waals surface area (Å²) in [6, 6.07) is 6.12. The molecule has 2 rings (SSSR count). The molecule has 0 aromatic heterocycles. The van der Waals surface area contributed by atoms with Crippen LogP contribution in [0.25, 0.3) is 0 Å². The maximum Gasteiger partial charge on any atom is 0.160 e. The van der Waals surface area contributed by atoms with Crippen molar-refractivity contribution in [1.29, 1.82) is 0 Å². The lowest BCUT2D eigenvalue weighted by Crippen LogP contribution is -2.55. The zero-order chi connectivity index (χ0) is 11.5. The number of aromatic hydroxyl groups is 1. The van der Waals surface area contributed by atoms with Gasteiger partial charge in [0.1, 0.15) is 0 Å². The summed E-state index contributed by atoms with van der Waals surface area (Å²) in [5.41, 5.74) is 1.16. The zero-order valence-electron chi connectivity index (χ0n) is 9.73. The average Bonchev–Trinajstić information content (AvgIpc) is 2.18. The fraction of sp³-hybridized carbons (Fsp3) is 0.500. The molecule has 0 radical (unpaired) electrons. The Morgan fingerprint density at radius 1 is 1.50 bits per heavy atom. The summed E-state index contributed by atoms with van der Waals surface area (Å²) >= 11 is 0. The quantitative estimate of drug-likeness (QED) is 0.791. The maximum atomic E-state index is 9.49. The molecule has 1 saturated heterocycles. The van der Waals surface area contributed by atoms with Crippen molar-refractivity contribution in [3.05, 3.63) is 23.8 Å². The number of hydrogen-bond donors (Lipinski definition) is 2. The molecule has 4 heteroatoms. The van der Waals surface area contributed by atoms with E-state index < -0.39 is 0 Å². The highest BCUT2D eigenvalue weighted by molar-refractivity contribution is 5.41. The molecule has 0 amide bonds. The number of ether oxygens (including phenoxy) is 1. The molecule has 0 atom stereocenters. The highest BCUT2D eigenvalue weighted by atomic mass is 16.5. The summed E-state index contributed by atoms with van der Waals surface area (Å²) in [4.78, 5) is 2.31. The minimum atomic E-state index is 0.194. The Morgan fingerprint density at radius 2 is 2.25 bits per heavy atom. The van der Waals surface area contributed by atoms with Crippen molar-refractivity contribution in [2.24, 2.45) is 0 Å². The third kappa shape index (κ3) is 2.28. The van der Waals surface area contributed by atoms with Crippen LogP contribution in [0.1, 0.15) is 5.56 Å². The van der Waals surface area contributed by atoms with Gasteiger partial charge < -0.3 is 15.2 Å². The Hall–Kier alpha value is -1.26. The second-order valence-corrected chi connectivity index (χ2v) is 4.23. The van der Waals surface area contributed by atoms with E-state index in [2.05, 4.69) is 17.3 Å². The first-order valence-electron chi connectivity index (χ1n) is 5.47. The van der Waals surface area contributed by atoms with Crippen molar-refractivity contribution in [2.45, 2.75) is 12.6 Å². The van der Waals surface area contributed by atoms with Crippen LogP contribution in [0.2, 0.25) is 0 Å². The molecule has 0 aliphatic carbocycles. The zero-order valence-corrected chi connectivity index (χ0v) is 9.73. The van der Waals surface area contributed by atoms with E-state index in [-0.39, 0.29) is 5.75 Å². The number of phenolic OH excluding ortho intramolecular Hbond substituents is 1. The van der Waals surface area contributed by atoms with Crippen LogP contribution in [-0.2, 0) is 6.54 Å². The lowest BCUT2D eigenvalue weighted by atomic mass is 10.1. The predicted octanol–water partition coefficient (Wildman–Crippen LogP) is 0.804. The van der Waals surface area contributed by atoms with Gasteiger partial charge in [-0.25, -0.2) is 0 Å². The molecular formula is C12H18N2O2. The van der Waals surface area contributed by atoms with Crippen LogP contribution in [0, 0.1) is 0 Å². The molecule has 4 nitrogen and oxygen atoms in total. The number of methoxy groups -OCH3 is 1. The van der Waals surface area contributed by atoms with Crippen LogP contribution in [0.3, 0.4) is 0 Å². The summed E-state index contributed by atoms with van der Waals surface area (Å²) in [5.74, 6) is 0.733. The Labute approximate surface area is 95.8 Å². The largest absolute Gasteiger partial charge is 0.504 e. The summed E-state index contributed by atoms with van der Waals surface area (Å²) in [5, 5.41) is 12.7. The Kier molecular flexibility index (Phi) is 3.31. The molecule has 0 saturated carbocycles. The SMILES string of the molecule is COc1cc(CN(C)C2CNC2)ccc1O. The Bertz CT molecular complexity index is 364. The van der Waals surface area contributed by atoms with E-state index in [1.54, 1.807) is 13.2 Å². The van der Waals surface area contributed by atoms with Crippen molar-refractivity contribution in [3.8, 4) is 11.5 Å². The number of nitrogens with one attached hydrogen (secondary N) is 1. The van der Waals surface area contributed by atoms with Crippen LogP contribution >= 0.6 is 0 Å². The topological polar surface area (TPSA) is 44.7 Å². The number of phenols is 1. The molecule has 0 spiro atoms. The van der Waals surface area contributed by atoms with Gasteiger partial charge in [-0.15, -0.1) is 0 Å². The Morgan fingerprint density at radius 3 is 2.81 bits per heavy atom. The van der Waals surface area contributed by atoms with E-state index in [1.165, 1.54) is 0 Å². The fourth-order valence-corrected chi connectivity index (χ4v) is 1.82. The van der Waals surface area contributed by atoms with Crippen molar-refractivity contribution in [2.75, 3.05) is 27.2 Å². The summed E-state index contributed by atoms with van der Waals surface area (Å²) in [7, 11) is 3.68. The Balaban J connectivity index is 2.03. The normalized spacial score (nSPS) is 16.2. The van der Waals surface area contributed by atoms with Gasteiger partial charge >= 0.3 is 0 Å². The molecule has 1 heterocycles. The van der Waals surface area contributed by atoms with Crippen LogP contribution in [-0.4, -0.2) is 43.3 Å². The molecule has 1 aromatic rings. The van der Waals surface area contributed by atoms with E-state index in [0.29, 0.717) is 11.8 Å². The van der Waals surface area contributed by atoms with Crippen molar-refractivity contribution >= 4 is 0 Å². The molecule has 88 valence electrons. The van der Waals surface area contributed by atoms with Crippen molar-refractivity contribution in [1.82, 2.24) is 10.2 Å². The first-order valence-corrected chi connectivity index (χ1v) is 5.47. The monoisotopic (exact) mass is 222 g/mol. The predicted molar refractivity (Wildman–Crippen MR) is 62.8 cm³/mol. The lowest BCUT2D eigenvalue weighted by molar-refractivity contribution is 0.173. The van der Waals surface area contributed by atoms with Gasteiger partial charge in [0, 0.05) is 25.7 Å². The number of rotatable bonds is 4. The highest BCUT2D eigenvalue weighted by Crippen LogP contribution is 2.26. The maximum absolute atomic E-state index is 9.49. The number of benzene rings is 1. The minimum absolute atomic E-state index is 0.194. The highest BCUT2D eigenvalue weighted by Gasteiger charge is 2.21. The molecule has 2 N–H and O–H groups in total. The van der Waals surface area contributed by atoms with Gasteiger partial charge in [-0.1, -0.05) is 6.07 Å². The van der Waals surface area contributed by atoms with Gasteiger partial charge in [0.25, 0.3) is 0 Å². The molecule has 16 heavy (non-hydrogen) atoms. The van der Waals surface area contributed by atoms with E-state index in [1.807, 2.05) is 12.1 Å². The number of hydrogen-bond acceptors (Lipinski definition) is 4. The van der Waals surface area contributed by atoms with Crippen LogP contribution < -0.4 is 10.1 Å². The molecule has 1 aromatic carbocycles. The third-order valence-corrected chi connectivity index (χ3v) is 3.06. The van der Waals surface area contributed by atoms with Crippen molar-refractivity contribution < 1.29 is 9.84 Å². The van der Waals surface area contributed by atoms with Gasteiger partial charge in [-0.3, -0.25) is 4.90 Å². The smallest absolute Gasteiger partial charge is 0.160 e. The van der Waals surface area contributed by atoms with Gasteiger partial charge in [-0.05, 0) is 24.7 Å². The lowest BCUT2D eigenvalue weighted by Gasteiger charge is -2.35. The summed E-state index contributed by atoms with van der Waals surface area (Å²) < 4.78 is 5.09. The molecule has 0 bridgehead atoms. The molecule has 0 unspecified atom stereocenters. The third-order valence-electron chi connectivity index (χ3n) is 3.06.